The van der Waals surface area contributed by atoms with Crippen LogP contribution in [0.3, 0.4) is 0 Å². The van der Waals surface area contributed by atoms with Crippen LogP contribution in [-0.4, -0.2) is 5.91 Å². The summed E-state index contributed by atoms with van der Waals surface area (Å²) in [6.07, 6.45) is 1.47. The van der Waals surface area contributed by atoms with Gasteiger partial charge in [0.1, 0.15) is 0 Å². The van der Waals surface area contributed by atoms with E-state index in [9.17, 15) is 4.79 Å². The molecule has 15 heavy (non-hydrogen) atoms. The molecule has 0 radical (unpaired) electrons. The molecule has 0 aliphatic rings. The third-order valence-electron chi connectivity index (χ3n) is 2.12. The molecule has 0 bridgehead atoms. The van der Waals surface area contributed by atoms with Crippen molar-refractivity contribution in [3.63, 3.8) is 0 Å². The van der Waals surface area contributed by atoms with E-state index >= 15 is 0 Å². The number of carbonyl (C=O) groups is 1. The Labute approximate surface area is 87.8 Å². The van der Waals surface area contributed by atoms with Crippen molar-refractivity contribution in [1.29, 1.82) is 5.26 Å². The van der Waals surface area contributed by atoms with Crippen molar-refractivity contribution in [3.05, 3.63) is 42.0 Å². The number of hydrogen-bond donors (Lipinski definition) is 2. The van der Waals surface area contributed by atoms with Crippen molar-refractivity contribution in [2.45, 2.75) is 5.92 Å². The second-order valence-electron chi connectivity index (χ2n) is 3.02. The molecule has 0 aromatic heterocycles. The van der Waals surface area contributed by atoms with E-state index < -0.39 is 11.8 Å². The van der Waals surface area contributed by atoms with Crippen LogP contribution in [0.2, 0.25) is 0 Å². The number of nitriles is 1. The van der Waals surface area contributed by atoms with Gasteiger partial charge >= 0.3 is 0 Å². The van der Waals surface area contributed by atoms with Gasteiger partial charge < -0.3 is 11.5 Å². The second-order valence-corrected chi connectivity index (χ2v) is 3.02. The number of nitrogens with zero attached hydrogens (tertiary/aromatic N) is 1. The van der Waals surface area contributed by atoms with Crippen molar-refractivity contribution >= 4 is 11.6 Å². The molecule has 4 nitrogen and oxygen atoms in total. The molecule has 0 saturated carbocycles. The molecule has 0 spiro atoms. The fourth-order valence-electron chi connectivity index (χ4n) is 1.32. The summed E-state index contributed by atoms with van der Waals surface area (Å²) < 4.78 is 0. The summed E-state index contributed by atoms with van der Waals surface area (Å²) in [6, 6.07) is 6.87. The molecule has 0 aliphatic carbocycles. The SMILES string of the molecule is C=CC(C#N)c1cccc(C(N)=O)c1N. The zero-order valence-corrected chi connectivity index (χ0v) is 8.10. The van der Waals surface area contributed by atoms with Gasteiger partial charge in [0, 0.05) is 5.69 Å². The van der Waals surface area contributed by atoms with Gasteiger partial charge in [0.15, 0.2) is 0 Å². The third-order valence-corrected chi connectivity index (χ3v) is 2.12. The predicted octanol–water partition coefficient (Wildman–Crippen LogP) is 1.16. The molecule has 1 amide bonds. The van der Waals surface area contributed by atoms with Crippen LogP contribution < -0.4 is 11.5 Å². The van der Waals surface area contributed by atoms with Crippen molar-refractivity contribution < 1.29 is 4.79 Å². The molecule has 0 fully saturated rings. The van der Waals surface area contributed by atoms with Crippen LogP contribution in [0.15, 0.2) is 30.9 Å². The highest BCUT2D eigenvalue weighted by Gasteiger charge is 2.14. The molecule has 0 aliphatic heterocycles. The van der Waals surface area contributed by atoms with Crippen molar-refractivity contribution in [3.8, 4) is 6.07 Å². The van der Waals surface area contributed by atoms with E-state index in [1.807, 2.05) is 6.07 Å². The maximum Gasteiger partial charge on any atom is 0.250 e. The standard InChI is InChI=1S/C11H11N3O/c1-2-7(6-12)8-4-3-5-9(10(8)13)11(14)15/h2-5,7H,1,13H2,(H2,14,15). The van der Waals surface area contributed by atoms with E-state index in [2.05, 4.69) is 6.58 Å². The quantitative estimate of drug-likeness (QED) is 0.567. The summed E-state index contributed by atoms with van der Waals surface area (Å²) in [5, 5.41) is 8.84. The van der Waals surface area contributed by atoms with Gasteiger partial charge in [-0.3, -0.25) is 4.79 Å². The van der Waals surface area contributed by atoms with Crippen LogP contribution in [0.1, 0.15) is 21.8 Å². The topological polar surface area (TPSA) is 92.9 Å². The molecule has 4 heteroatoms. The number of rotatable bonds is 3. The molecular weight excluding hydrogens is 190 g/mol. The van der Waals surface area contributed by atoms with Crippen molar-refractivity contribution in [2.24, 2.45) is 5.73 Å². The van der Waals surface area contributed by atoms with E-state index in [1.165, 1.54) is 12.1 Å². The fourth-order valence-corrected chi connectivity index (χ4v) is 1.32. The summed E-state index contributed by atoms with van der Waals surface area (Å²) in [6.45, 7) is 3.53. The van der Waals surface area contributed by atoms with Gasteiger partial charge in [-0.15, -0.1) is 6.58 Å². The molecule has 1 aromatic rings. The number of benzene rings is 1. The fraction of sp³-hybridized carbons (Fsp3) is 0.0909. The van der Waals surface area contributed by atoms with Gasteiger partial charge in [-0.2, -0.15) is 5.26 Å². The van der Waals surface area contributed by atoms with Crippen LogP contribution in [-0.2, 0) is 0 Å². The number of allylic oxidation sites excluding steroid dienone is 1. The Morgan fingerprint density at radius 2 is 2.27 bits per heavy atom. The van der Waals surface area contributed by atoms with Gasteiger partial charge in [0.05, 0.1) is 17.6 Å². The van der Waals surface area contributed by atoms with E-state index in [1.54, 1.807) is 12.1 Å². The van der Waals surface area contributed by atoms with Crippen LogP contribution in [0, 0.1) is 11.3 Å². The molecular formula is C11H11N3O. The second kappa shape index (κ2) is 4.29. The van der Waals surface area contributed by atoms with E-state index in [4.69, 9.17) is 16.7 Å². The highest BCUT2D eigenvalue weighted by atomic mass is 16.1. The van der Waals surface area contributed by atoms with Crippen molar-refractivity contribution in [2.75, 3.05) is 5.73 Å². The van der Waals surface area contributed by atoms with Gasteiger partial charge in [0.25, 0.3) is 5.91 Å². The number of anilines is 1. The first-order valence-corrected chi connectivity index (χ1v) is 4.32. The molecule has 1 atom stereocenters. The summed E-state index contributed by atoms with van der Waals surface area (Å²) in [5.74, 6) is -1.13. The maximum absolute atomic E-state index is 11.0. The lowest BCUT2D eigenvalue weighted by Crippen LogP contribution is -2.15. The minimum atomic E-state index is -0.602. The number of carbonyl (C=O) groups excluding carboxylic acids is 1. The number of para-hydroxylation sites is 1. The molecule has 1 rings (SSSR count). The lowest BCUT2D eigenvalue weighted by molar-refractivity contribution is 0.100. The third kappa shape index (κ3) is 1.97. The Morgan fingerprint density at radius 1 is 1.60 bits per heavy atom. The number of nitrogens with two attached hydrogens (primary N) is 2. The average molecular weight is 201 g/mol. The first kappa shape index (κ1) is 10.8. The molecule has 76 valence electrons. The number of hydrogen-bond acceptors (Lipinski definition) is 3. The van der Waals surface area contributed by atoms with Gasteiger partial charge in [-0.05, 0) is 11.6 Å². The van der Waals surface area contributed by atoms with Crippen LogP contribution in [0.5, 0.6) is 0 Å². The van der Waals surface area contributed by atoms with E-state index in [0.717, 1.165) is 0 Å². The van der Waals surface area contributed by atoms with Crippen LogP contribution in [0.4, 0.5) is 5.69 Å². The zero-order valence-electron chi connectivity index (χ0n) is 8.10. The maximum atomic E-state index is 11.0. The first-order valence-electron chi connectivity index (χ1n) is 4.32. The first-order chi connectivity index (χ1) is 7.11. The largest absolute Gasteiger partial charge is 0.398 e. The smallest absolute Gasteiger partial charge is 0.250 e. The van der Waals surface area contributed by atoms with Crippen LogP contribution >= 0.6 is 0 Å². The van der Waals surface area contributed by atoms with E-state index in [-0.39, 0.29) is 11.3 Å². The average Bonchev–Trinajstić information content (AvgIpc) is 2.21. The van der Waals surface area contributed by atoms with E-state index in [0.29, 0.717) is 5.56 Å². The minimum Gasteiger partial charge on any atom is -0.398 e. The molecule has 0 heterocycles. The molecule has 1 aromatic carbocycles. The lowest BCUT2D eigenvalue weighted by atomic mass is 9.96. The normalized spacial score (nSPS) is 11.4. The van der Waals surface area contributed by atoms with Gasteiger partial charge in [-0.25, -0.2) is 0 Å². The Morgan fingerprint density at radius 3 is 2.73 bits per heavy atom. The molecule has 0 saturated heterocycles. The highest BCUT2D eigenvalue weighted by Crippen LogP contribution is 2.25. The Hall–Kier alpha value is -2.28. The Balaban J connectivity index is 3.33. The Bertz CT molecular complexity index is 446. The summed E-state index contributed by atoms with van der Waals surface area (Å²) in [7, 11) is 0. The summed E-state index contributed by atoms with van der Waals surface area (Å²) in [5.41, 5.74) is 11.9. The van der Waals surface area contributed by atoms with Gasteiger partial charge in [-0.1, -0.05) is 18.2 Å². The highest BCUT2D eigenvalue weighted by molar-refractivity contribution is 5.98. The van der Waals surface area contributed by atoms with Crippen molar-refractivity contribution in [1.82, 2.24) is 0 Å². The number of amides is 1. The zero-order chi connectivity index (χ0) is 11.4. The van der Waals surface area contributed by atoms with Gasteiger partial charge in [0.2, 0.25) is 0 Å². The monoisotopic (exact) mass is 201 g/mol. The lowest BCUT2D eigenvalue weighted by Gasteiger charge is -2.10. The predicted molar refractivity (Wildman–Crippen MR) is 57.9 cm³/mol. The minimum absolute atomic E-state index is 0.231. The molecule has 4 N–H and O–H groups in total. The summed E-state index contributed by atoms with van der Waals surface area (Å²) in [4.78, 5) is 11.0. The Kier molecular flexibility index (Phi) is 3.09. The summed E-state index contributed by atoms with van der Waals surface area (Å²) >= 11 is 0. The number of primary amides is 1. The number of nitrogen functional groups attached to an aromatic ring is 1. The van der Waals surface area contributed by atoms with Crippen LogP contribution in [0.25, 0.3) is 0 Å². The molecule has 1 unspecified atom stereocenters.